The minimum Gasteiger partial charge on any atom is -0.361 e. The fourth-order valence-electron chi connectivity index (χ4n) is 2.85. The summed E-state index contributed by atoms with van der Waals surface area (Å²) in [4.78, 5) is 27.4. The van der Waals surface area contributed by atoms with E-state index < -0.39 is 0 Å². The fourth-order valence-corrected chi connectivity index (χ4v) is 2.85. The Morgan fingerprint density at radius 3 is 2.76 bits per heavy atom. The fraction of sp³-hybridized carbons (Fsp3) is 0.389. The van der Waals surface area contributed by atoms with Gasteiger partial charge in [-0.3, -0.25) is 9.36 Å². The zero-order valence-electron chi connectivity index (χ0n) is 14.8. The molecule has 0 fully saturated rings. The van der Waals surface area contributed by atoms with Crippen LogP contribution in [0.2, 0.25) is 0 Å². The molecular formula is C18H22N4O3. The van der Waals surface area contributed by atoms with Crippen molar-refractivity contribution in [3.8, 4) is 0 Å². The molecule has 0 radical (unpaired) electrons. The van der Waals surface area contributed by atoms with Crippen molar-refractivity contribution in [2.24, 2.45) is 0 Å². The average molecular weight is 342 g/mol. The Morgan fingerprint density at radius 1 is 1.32 bits per heavy atom. The number of para-hydroxylation sites is 2. The second-order valence-electron chi connectivity index (χ2n) is 7.07. The number of hydrogen-bond donors (Lipinski definition) is 2. The molecule has 25 heavy (non-hydrogen) atoms. The number of hydrogen-bond acceptors (Lipinski definition) is 4. The smallest absolute Gasteiger partial charge is 0.326 e. The molecule has 0 saturated carbocycles. The maximum atomic E-state index is 12.6. The van der Waals surface area contributed by atoms with Crippen LogP contribution in [0.5, 0.6) is 0 Å². The van der Waals surface area contributed by atoms with Crippen molar-refractivity contribution in [1.29, 1.82) is 0 Å². The highest BCUT2D eigenvalue weighted by atomic mass is 16.5. The lowest BCUT2D eigenvalue weighted by molar-refractivity contribution is 0.0949. The number of aromatic amines is 1. The van der Waals surface area contributed by atoms with Gasteiger partial charge in [-0.15, -0.1) is 0 Å². The molecule has 132 valence electrons. The van der Waals surface area contributed by atoms with Crippen LogP contribution in [-0.2, 0) is 12.0 Å². The van der Waals surface area contributed by atoms with Crippen LogP contribution >= 0.6 is 0 Å². The van der Waals surface area contributed by atoms with E-state index in [-0.39, 0.29) is 17.0 Å². The van der Waals surface area contributed by atoms with Crippen LogP contribution in [0.15, 0.2) is 33.6 Å². The topological polar surface area (TPSA) is 92.9 Å². The van der Waals surface area contributed by atoms with Crippen molar-refractivity contribution in [3.05, 3.63) is 51.8 Å². The van der Waals surface area contributed by atoms with Crippen molar-refractivity contribution < 1.29 is 9.32 Å². The minimum absolute atomic E-state index is 0.188. The Balaban J connectivity index is 1.75. The van der Waals surface area contributed by atoms with Crippen LogP contribution in [0.25, 0.3) is 11.0 Å². The molecule has 0 saturated heterocycles. The predicted molar refractivity (Wildman–Crippen MR) is 94.8 cm³/mol. The van der Waals surface area contributed by atoms with Gasteiger partial charge in [-0.1, -0.05) is 38.1 Å². The first kappa shape index (κ1) is 17.0. The van der Waals surface area contributed by atoms with Crippen molar-refractivity contribution >= 4 is 16.9 Å². The number of aromatic nitrogens is 3. The van der Waals surface area contributed by atoms with Gasteiger partial charge >= 0.3 is 5.69 Å². The molecule has 2 heterocycles. The van der Waals surface area contributed by atoms with Gasteiger partial charge < -0.3 is 14.8 Å². The van der Waals surface area contributed by atoms with Crippen LogP contribution < -0.4 is 11.0 Å². The molecule has 0 aliphatic heterocycles. The van der Waals surface area contributed by atoms with Crippen LogP contribution in [0.4, 0.5) is 0 Å². The first-order valence-electron chi connectivity index (χ1n) is 8.21. The van der Waals surface area contributed by atoms with Gasteiger partial charge in [0.25, 0.3) is 5.91 Å². The summed E-state index contributed by atoms with van der Waals surface area (Å²) in [6, 6.07) is 7.47. The van der Waals surface area contributed by atoms with E-state index in [1.807, 2.05) is 45.0 Å². The lowest BCUT2D eigenvalue weighted by atomic mass is 9.88. The highest BCUT2D eigenvalue weighted by Gasteiger charge is 2.28. The molecule has 3 rings (SSSR count). The first-order valence-corrected chi connectivity index (χ1v) is 8.21. The summed E-state index contributed by atoms with van der Waals surface area (Å²) in [6.45, 7) is 8.37. The molecule has 0 aliphatic rings. The number of carbonyl (C=O) groups is 1. The molecule has 0 atom stereocenters. The Kier molecular flexibility index (Phi) is 4.24. The third-order valence-corrected chi connectivity index (χ3v) is 4.10. The number of amides is 1. The number of carbonyl (C=O) groups excluding carboxylic acids is 1. The van der Waals surface area contributed by atoms with Gasteiger partial charge in [0.15, 0.2) is 0 Å². The second kappa shape index (κ2) is 6.23. The van der Waals surface area contributed by atoms with Crippen LogP contribution in [0, 0.1) is 6.92 Å². The van der Waals surface area contributed by atoms with Gasteiger partial charge in [0, 0.05) is 18.5 Å². The third kappa shape index (κ3) is 3.22. The van der Waals surface area contributed by atoms with Gasteiger partial charge in [0.05, 0.1) is 11.0 Å². The van der Waals surface area contributed by atoms with Crippen LogP contribution in [-0.4, -0.2) is 27.2 Å². The van der Waals surface area contributed by atoms with Crippen LogP contribution in [0.3, 0.4) is 0 Å². The molecule has 2 N–H and O–H groups in total. The highest BCUT2D eigenvalue weighted by molar-refractivity contribution is 5.96. The molecule has 1 amide bonds. The maximum Gasteiger partial charge on any atom is 0.326 e. The average Bonchev–Trinajstić information content (AvgIpc) is 3.07. The summed E-state index contributed by atoms with van der Waals surface area (Å²) >= 11 is 0. The Morgan fingerprint density at radius 2 is 2.04 bits per heavy atom. The second-order valence-corrected chi connectivity index (χ2v) is 7.07. The van der Waals surface area contributed by atoms with Gasteiger partial charge in [0.1, 0.15) is 17.0 Å². The molecule has 0 bridgehead atoms. The largest absolute Gasteiger partial charge is 0.361 e. The lowest BCUT2D eigenvalue weighted by Crippen LogP contribution is -2.31. The molecule has 7 nitrogen and oxygen atoms in total. The van der Waals surface area contributed by atoms with E-state index in [1.165, 1.54) is 0 Å². The number of H-pyrrole nitrogens is 1. The molecule has 3 aromatic rings. The molecule has 7 heteroatoms. The highest BCUT2D eigenvalue weighted by Crippen LogP contribution is 2.26. The molecule has 0 aliphatic carbocycles. The lowest BCUT2D eigenvalue weighted by Gasteiger charge is -2.16. The summed E-state index contributed by atoms with van der Waals surface area (Å²) in [5.41, 5.74) is 2.22. The Hall–Kier alpha value is -2.83. The van der Waals surface area contributed by atoms with E-state index in [9.17, 15) is 9.59 Å². The van der Waals surface area contributed by atoms with Gasteiger partial charge in [0.2, 0.25) is 0 Å². The minimum atomic E-state index is -0.293. The zero-order valence-corrected chi connectivity index (χ0v) is 14.8. The number of fused-ring (bicyclic) bond motifs is 1. The van der Waals surface area contributed by atoms with E-state index in [4.69, 9.17) is 4.52 Å². The molecule has 1 aromatic carbocycles. The van der Waals surface area contributed by atoms with Crippen molar-refractivity contribution in [2.75, 3.05) is 6.54 Å². The quantitative estimate of drug-likeness (QED) is 0.761. The van der Waals surface area contributed by atoms with E-state index >= 15 is 0 Å². The normalized spacial score (nSPS) is 11.8. The van der Waals surface area contributed by atoms with E-state index in [2.05, 4.69) is 15.5 Å². The first-order chi connectivity index (χ1) is 11.8. The number of aryl methyl sites for hydroxylation is 1. The van der Waals surface area contributed by atoms with E-state index in [1.54, 1.807) is 11.5 Å². The summed E-state index contributed by atoms with van der Waals surface area (Å²) in [5.74, 6) is 0.253. The van der Waals surface area contributed by atoms with Gasteiger partial charge in [-0.2, -0.15) is 0 Å². The summed E-state index contributed by atoms with van der Waals surface area (Å²) < 4.78 is 6.81. The number of nitrogens with zero attached hydrogens (tertiary/aromatic N) is 2. The number of imidazole rings is 1. The molecular weight excluding hydrogens is 320 g/mol. The standard InChI is InChI=1S/C18H22N4O3/c1-11-14(15(21-25-11)18(2,3)4)16(23)19-9-10-22-13-8-6-5-7-12(13)20-17(22)24/h5-8H,9-10H2,1-4H3,(H,19,23)(H,20,24). The third-order valence-electron chi connectivity index (χ3n) is 4.10. The zero-order chi connectivity index (χ0) is 18.2. The van der Waals surface area contributed by atoms with Crippen LogP contribution in [0.1, 0.15) is 42.6 Å². The van der Waals surface area contributed by atoms with Gasteiger partial charge in [-0.05, 0) is 19.1 Å². The summed E-state index contributed by atoms with van der Waals surface area (Å²) in [7, 11) is 0. The predicted octanol–water partition coefficient (Wildman–Crippen LogP) is 2.35. The Labute approximate surface area is 145 Å². The maximum absolute atomic E-state index is 12.6. The summed E-state index contributed by atoms with van der Waals surface area (Å²) in [6.07, 6.45) is 0. The number of rotatable bonds is 4. The summed E-state index contributed by atoms with van der Waals surface area (Å²) in [5, 5.41) is 6.88. The number of benzene rings is 1. The van der Waals surface area contributed by atoms with Gasteiger partial charge in [-0.25, -0.2) is 4.79 Å². The monoisotopic (exact) mass is 342 g/mol. The SMILES string of the molecule is Cc1onc(C(C)(C)C)c1C(=O)NCCn1c(=O)[nH]c2ccccc21. The van der Waals surface area contributed by atoms with E-state index in [0.717, 1.165) is 11.0 Å². The number of nitrogens with one attached hydrogen (secondary N) is 2. The molecule has 0 unspecified atom stereocenters. The molecule has 0 spiro atoms. The van der Waals surface area contributed by atoms with Crippen molar-refractivity contribution in [3.63, 3.8) is 0 Å². The Bertz CT molecular complexity index is 972. The van der Waals surface area contributed by atoms with Crippen molar-refractivity contribution in [1.82, 2.24) is 20.0 Å². The molecule has 2 aromatic heterocycles. The van der Waals surface area contributed by atoms with Crippen molar-refractivity contribution in [2.45, 2.75) is 39.7 Å². The van der Waals surface area contributed by atoms with E-state index in [0.29, 0.717) is 30.1 Å².